The van der Waals surface area contributed by atoms with E-state index in [4.69, 9.17) is 9.72 Å². The quantitative estimate of drug-likeness (QED) is 0.248. The zero-order valence-electron chi connectivity index (χ0n) is 17.2. The molecule has 5 heteroatoms. The Hall–Kier alpha value is -3.86. The van der Waals surface area contributed by atoms with Crippen molar-refractivity contribution < 1.29 is 9.94 Å². The molecule has 1 atom stereocenters. The van der Waals surface area contributed by atoms with Crippen molar-refractivity contribution in [2.75, 3.05) is 12.4 Å². The maximum atomic E-state index is 9.48. The minimum Gasteiger partial charge on any atom is -0.497 e. The van der Waals surface area contributed by atoms with Gasteiger partial charge in [0.25, 0.3) is 0 Å². The average molecular weight is 409 g/mol. The molecule has 5 rings (SSSR count). The minimum absolute atomic E-state index is 0.166. The van der Waals surface area contributed by atoms with E-state index in [1.165, 1.54) is 17.3 Å². The van der Waals surface area contributed by atoms with Crippen molar-refractivity contribution in [2.24, 2.45) is 5.16 Å². The Bertz CT molecular complexity index is 1270. The molecule has 3 aromatic carbocycles. The monoisotopic (exact) mass is 409 g/mol. The third-order valence-corrected chi connectivity index (χ3v) is 5.94. The van der Waals surface area contributed by atoms with Crippen molar-refractivity contribution in [1.29, 1.82) is 0 Å². The highest BCUT2D eigenvalue weighted by Gasteiger charge is 2.24. The molecule has 0 fully saturated rings. The van der Waals surface area contributed by atoms with Crippen molar-refractivity contribution in [3.05, 3.63) is 89.5 Å². The number of oxime groups is 1. The van der Waals surface area contributed by atoms with Gasteiger partial charge in [0, 0.05) is 16.5 Å². The van der Waals surface area contributed by atoms with Gasteiger partial charge in [0.05, 0.1) is 24.9 Å². The Balaban J connectivity index is 1.69. The third kappa shape index (κ3) is 3.48. The van der Waals surface area contributed by atoms with Crippen LogP contribution < -0.4 is 10.1 Å². The fourth-order valence-corrected chi connectivity index (χ4v) is 4.46. The summed E-state index contributed by atoms with van der Waals surface area (Å²) < 4.78 is 5.32. The van der Waals surface area contributed by atoms with E-state index in [9.17, 15) is 5.21 Å². The molecule has 0 spiro atoms. The van der Waals surface area contributed by atoms with E-state index >= 15 is 0 Å². The average Bonchev–Trinajstić information content (AvgIpc) is 3.22. The first-order chi connectivity index (χ1) is 15.3. The highest BCUT2D eigenvalue weighted by Crippen LogP contribution is 2.38. The Labute approximate surface area is 181 Å². The molecule has 154 valence electrons. The van der Waals surface area contributed by atoms with Gasteiger partial charge in [-0.15, -0.1) is 0 Å². The fourth-order valence-electron chi connectivity index (χ4n) is 4.46. The van der Waals surface area contributed by atoms with Gasteiger partial charge in [0.15, 0.2) is 0 Å². The van der Waals surface area contributed by atoms with Crippen molar-refractivity contribution in [3.8, 4) is 16.9 Å². The number of nitrogens with one attached hydrogen (secondary N) is 1. The molecule has 0 saturated heterocycles. The van der Waals surface area contributed by atoms with E-state index in [2.05, 4.69) is 34.7 Å². The maximum absolute atomic E-state index is 9.48. The standard InChI is InChI=1S/C26H23N3O2/c1-31-19-13-10-18(11-14-19)25-21-8-4-5-9-23(21)28-26(22(25)16-27-30)29-24-15-12-17-6-2-3-7-20(17)24/h2-11,13-14,16,24,30H,12,15H2,1H3,(H,28,29)/t24-/m1/s1. The van der Waals surface area contributed by atoms with Gasteiger partial charge in [0.1, 0.15) is 11.6 Å². The molecule has 0 saturated carbocycles. The van der Waals surface area contributed by atoms with Crippen LogP contribution in [-0.2, 0) is 6.42 Å². The van der Waals surface area contributed by atoms with Gasteiger partial charge >= 0.3 is 0 Å². The number of aromatic nitrogens is 1. The molecule has 0 unspecified atom stereocenters. The van der Waals surface area contributed by atoms with E-state index in [1.807, 2.05) is 48.5 Å². The van der Waals surface area contributed by atoms with Crippen LogP contribution in [0.25, 0.3) is 22.0 Å². The van der Waals surface area contributed by atoms with Crippen LogP contribution in [0, 0.1) is 0 Å². The molecule has 1 aromatic heterocycles. The summed E-state index contributed by atoms with van der Waals surface area (Å²) in [5.74, 6) is 1.50. The second-order valence-corrected chi connectivity index (χ2v) is 7.67. The largest absolute Gasteiger partial charge is 0.497 e. The highest BCUT2D eigenvalue weighted by atomic mass is 16.5. The molecule has 31 heavy (non-hydrogen) atoms. The smallest absolute Gasteiger partial charge is 0.136 e. The van der Waals surface area contributed by atoms with Crippen molar-refractivity contribution in [3.63, 3.8) is 0 Å². The predicted molar refractivity (Wildman–Crippen MR) is 124 cm³/mol. The minimum atomic E-state index is 0.166. The van der Waals surface area contributed by atoms with Gasteiger partial charge in [-0.25, -0.2) is 4.98 Å². The molecular formula is C26H23N3O2. The van der Waals surface area contributed by atoms with Crippen LogP contribution in [0.1, 0.15) is 29.2 Å². The van der Waals surface area contributed by atoms with Crippen LogP contribution in [0.4, 0.5) is 5.82 Å². The van der Waals surface area contributed by atoms with E-state index in [1.54, 1.807) is 7.11 Å². The lowest BCUT2D eigenvalue weighted by molar-refractivity contribution is 0.322. The lowest BCUT2D eigenvalue weighted by Gasteiger charge is -2.20. The van der Waals surface area contributed by atoms with Gasteiger partial charge in [-0.3, -0.25) is 0 Å². The SMILES string of the molecule is COc1ccc(-c2c(C=NO)c(N[C@@H]3CCc4ccccc43)nc3ccccc23)cc1. The molecule has 4 aromatic rings. The van der Waals surface area contributed by atoms with Crippen molar-refractivity contribution in [1.82, 2.24) is 4.98 Å². The summed E-state index contributed by atoms with van der Waals surface area (Å²) in [6.07, 6.45) is 3.51. The van der Waals surface area contributed by atoms with Gasteiger partial charge < -0.3 is 15.3 Å². The molecule has 1 aliphatic rings. The Morgan fingerprint density at radius 3 is 2.61 bits per heavy atom. The van der Waals surface area contributed by atoms with E-state index in [0.717, 1.165) is 46.2 Å². The maximum Gasteiger partial charge on any atom is 0.136 e. The van der Waals surface area contributed by atoms with Gasteiger partial charge in [-0.1, -0.05) is 59.8 Å². The normalized spacial score (nSPS) is 15.3. The number of pyridine rings is 1. The van der Waals surface area contributed by atoms with Crippen molar-refractivity contribution in [2.45, 2.75) is 18.9 Å². The zero-order valence-corrected chi connectivity index (χ0v) is 17.2. The van der Waals surface area contributed by atoms with Gasteiger partial charge in [0.2, 0.25) is 0 Å². The second-order valence-electron chi connectivity index (χ2n) is 7.67. The summed E-state index contributed by atoms with van der Waals surface area (Å²) in [7, 11) is 1.65. The Morgan fingerprint density at radius 1 is 1.03 bits per heavy atom. The van der Waals surface area contributed by atoms with Gasteiger partial charge in [-0.2, -0.15) is 0 Å². The number of fused-ring (bicyclic) bond motifs is 2. The first-order valence-corrected chi connectivity index (χ1v) is 10.4. The number of ether oxygens (including phenoxy) is 1. The second kappa shape index (κ2) is 8.11. The number of nitrogens with zero attached hydrogens (tertiary/aromatic N) is 2. The predicted octanol–water partition coefficient (Wildman–Crippen LogP) is 5.82. The van der Waals surface area contributed by atoms with Gasteiger partial charge in [-0.05, 0) is 47.7 Å². The van der Waals surface area contributed by atoms with Crippen LogP contribution in [0.2, 0.25) is 0 Å². The molecule has 0 amide bonds. The molecule has 1 aliphatic carbocycles. The topological polar surface area (TPSA) is 66.7 Å². The number of methoxy groups -OCH3 is 1. The number of anilines is 1. The van der Waals surface area contributed by atoms with Crippen LogP contribution >= 0.6 is 0 Å². The Morgan fingerprint density at radius 2 is 1.81 bits per heavy atom. The third-order valence-electron chi connectivity index (χ3n) is 5.94. The molecule has 0 bridgehead atoms. The number of hydrogen-bond acceptors (Lipinski definition) is 5. The van der Waals surface area contributed by atoms with Crippen LogP contribution in [0.3, 0.4) is 0 Å². The van der Waals surface area contributed by atoms with E-state index < -0.39 is 0 Å². The summed E-state index contributed by atoms with van der Waals surface area (Å²) in [4.78, 5) is 4.91. The summed E-state index contributed by atoms with van der Waals surface area (Å²) in [5.41, 5.74) is 6.29. The number of rotatable bonds is 5. The molecule has 1 heterocycles. The molecule has 0 radical (unpaired) electrons. The highest BCUT2D eigenvalue weighted by molar-refractivity contribution is 6.07. The first kappa shape index (κ1) is 19.1. The number of aryl methyl sites for hydroxylation is 1. The van der Waals surface area contributed by atoms with Crippen molar-refractivity contribution >= 4 is 22.9 Å². The van der Waals surface area contributed by atoms with Crippen LogP contribution in [0.5, 0.6) is 5.75 Å². The first-order valence-electron chi connectivity index (χ1n) is 10.4. The zero-order chi connectivity index (χ0) is 21.2. The fraction of sp³-hybridized carbons (Fsp3) is 0.154. The van der Waals surface area contributed by atoms with Crippen LogP contribution in [-0.4, -0.2) is 23.5 Å². The number of benzene rings is 3. The Kier molecular flexibility index (Phi) is 5.00. The summed E-state index contributed by atoms with van der Waals surface area (Å²) in [6, 6.07) is 24.6. The summed E-state index contributed by atoms with van der Waals surface area (Å²) >= 11 is 0. The molecule has 0 aliphatic heterocycles. The number of hydrogen-bond donors (Lipinski definition) is 2. The lowest BCUT2D eigenvalue weighted by Crippen LogP contribution is -2.11. The summed E-state index contributed by atoms with van der Waals surface area (Å²) in [5, 5.41) is 17.5. The molecule has 5 nitrogen and oxygen atoms in total. The van der Waals surface area contributed by atoms with E-state index in [-0.39, 0.29) is 6.04 Å². The lowest BCUT2D eigenvalue weighted by atomic mass is 9.95. The number of para-hydroxylation sites is 1. The molecular weight excluding hydrogens is 386 g/mol. The summed E-state index contributed by atoms with van der Waals surface area (Å²) in [6.45, 7) is 0. The molecule has 2 N–H and O–H groups in total. The van der Waals surface area contributed by atoms with Crippen LogP contribution in [0.15, 0.2) is 78.0 Å². The van der Waals surface area contributed by atoms with E-state index in [0.29, 0.717) is 5.82 Å².